The average molecular weight is 515 g/mol. The van der Waals surface area contributed by atoms with E-state index in [-0.39, 0.29) is 12.2 Å². The van der Waals surface area contributed by atoms with Gasteiger partial charge in [0.05, 0.1) is 0 Å². The molecule has 35 heavy (non-hydrogen) atoms. The van der Waals surface area contributed by atoms with Crippen LogP contribution in [0.4, 0.5) is 0 Å². The molecule has 0 radical (unpaired) electrons. The summed E-state index contributed by atoms with van der Waals surface area (Å²) in [5.74, 6) is 8.71. The molecule has 2 aliphatic rings. The van der Waals surface area contributed by atoms with Crippen molar-refractivity contribution in [3.63, 3.8) is 0 Å². The largest absolute Gasteiger partial charge is 0.349 e. The number of rotatable bonds is 8. The highest BCUT2D eigenvalue weighted by Crippen LogP contribution is 2.49. The second-order valence-corrected chi connectivity index (χ2v) is 21.3. The van der Waals surface area contributed by atoms with Gasteiger partial charge in [0.1, 0.15) is 12.2 Å². The van der Waals surface area contributed by atoms with E-state index >= 15 is 0 Å². The highest BCUT2D eigenvalue weighted by atomic mass is 28.3. The normalized spacial score (nSPS) is 29.8. The highest BCUT2D eigenvalue weighted by molar-refractivity contribution is 6.58. The molecule has 2 aliphatic carbocycles. The molecule has 200 valence electrons. The van der Waals surface area contributed by atoms with Crippen LogP contribution in [0.25, 0.3) is 0 Å². The minimum absolute atomic E-state index is 0.121. The Morgan fingerprint density at radius 2 is 0.829 bits per heavy atom. The minimum atomic E-state index is -0.710. The maximum Gasteiger partial charge on any atom is 0.122 e. The van der Waals surface area contributed by atoms with Gasteiger partial charge in [0.15, 0.2) is 0 Å². The van der Waals surface area contributed by atoms with Crippen LogP contribution in [0, 0.1) is 59.2 Å². The molecule has 0 bridgehead atoms. The molecule has 4 unspecified atom stereocenters. The molecule has 0 aromatic carbocycles. The Hall–Kier alpha value is -0.486. The monoisotopic (exact) mass is 514 g/mol. The van der Waals surface area contributed by atoms with E-state index in [2.05, 4.69) is 79.6 Å². The van der Waals surface area contributed by atoms with Crippen LogP contribution in [0.2, 0.25) is 37.3 Å². The van der Waals surface area contributed by atoms with Crippen molar-refractivity contribution in [2.24, 2.45) is 34.5 Å². The summed E-state index contributed by atoms with van der Waals surface area (Å²) in [6.45, 7) is 24.8. The van der Waals surface area contributed by atoms with E-state index < -0.39 is 17.6 Å². The van der Waals surface area contributed by atoms with Gasteiger partial charge in [-0.2, -0.15) is 0 Å². The van der Waals surface area contributed by atoms with Gasteiger partial charge in [-0.1, -0.05) is 105 Å². The van der Waals surface area contributed by atoms with Crippen LogP contribution in [0.5, 0.6) is 0 Å². The number of terminal acetylenes is 2. The third-order valence-electron chi connectivity index (χ3n) is 9.56. The van der Waals surface area contributed by atoms with Gasteiger partial charge in [-0.25, -0.2) is 0 Å². The molecule has 0 aromatic rings. The first kappa shape index (κ1) is 30.7. The molecule has 4 atom stereocenters. The predicted molar refractivity (Wildman–Crippen MR) is 161 cm³/mol. The van der Waals surface area contributed by atoms with E-state index in [1.54, 1.807) is 0 Å². The van der Waals surface area contributed by atoms with E-state index in [1.807, 2.05) is 0 Å². The van der Waals surface area contributed by atoms with Crippen LogP contribution >= 0.6 is 0 Å². The second kappa shape index (κ2) is 12.8. The molecule has 2 fully saturated rings. The summed E-state index contributed by atoms with van der Waals surface area (Å²) in [4.78, 5) is 0. The molecule has 0 saturated heterocycles. The fraction of sp³-hybridized carbons (Fsp3) is 0.875. The van der Waals surface area contributed by atoms with Crippen molar-refractivity contribution < 1.29 is 4.74 Å². The summed E-state index contributed by atoms with van der Waals surface area (Å²) in [6.07, 6.45) is 21.9. The van der Waals surface area contributed by atoms with Crippen molar-refractivity contribution in [3.8, 4) is 24.7 Å². The van der Waals surface area contributed by atoms with Crippen molar-refractivity contribution in [1.29, 1.82) is 0 Å². The lowest BCUT2D eigenvalue weighted by Gasteiger charge is -2.44. The zero-order valence-electron chi connectivity index (χ0n) is 25.0. The van der Waals surface area contributed by atoms with Crippen LogP contribution in [-0.2, 0) is 4.74 Å². The van der Waals surface area contributed by atoms with Crippen LogP contribution in [0.1, 0.15) is 92.9 Å². The van der Waals surface area contributed by atoms with Gasteiger partial charge in [0.2, 0.25) is 0 Å². The van der Waals surface area contributed by atoms with Gasteiger partial charge < -0.3 is 4.74 Å². The van der Waals surface area contributed by atoms with Crippen molar-refractivity contribution in [1.82, 2.24) is 0 Å². The van der Waals surface area contributed by atoms with Gasteiger partial charge >= 0.3 is 0 Å². The molecule has 0 heterocycles. The lowest BCUT2D eigenvalue weighted by Crippen LogP contribution is -2.39. The van der Waals surface area contributed by atoms with Gasteiger partial charge in [0.25, 0.3) is 0 Å². The Balaban J connectivity index is 1.96. The molecule has 2 saturated carbocycles. The summed E-state index contributed by atoms with van der Waals surface area (Å²) in [5, 5.41) is 0. The molecule has 0 amide bonds. The van der Waals surface area contributed by atoms with E-state index in [9.17, 15) is 0 Å². The summed E-state index contributed by atoms with van der Waals surface area (Å²) < 4.78 is 6.59. The van der Waals surface area contributed by atoms with Crippen molar-refractivity contribution in [3.05, 3.63) is 0 Å². The van der Waals surface area contributed by atoms with Gasteiger partial charge in [-0.3, -0.25) is 0 Å². The van der Waals surface area contributed by atoms with Crippen LogP contribution < -0.4 is 0 Å². The smallest absolute Gasteiger partial charge is 0.122 e. The molecule has 3 heteroatoms. The summed E-state index contributed by atoms with van der Waals surface area (Å²) in [6, 6.07) is 0. The number of ether oxygens (including phenoxy) is 1. The third-order valence-corrected chi connectivity index (χ3v) is 15.5. The van der Waals surface area contributed by atoms with E-state index in [0.29, 0.717) is 22.7 Å². The Labute approximate surface area is 223 Å². The molecule has 0 spiro atoms. The quantitative estimate of drug-likeness (QED) is 0.233. The Morgan fingerprint density at radius 1 is 0.571 bits per heavy atom. The van der Waals surface area contributed by atoms with Crippen LogP contribution in [0.3, 0.4) is 0 Å². The topological polar surface area (TPSA) is 9.23 Å². The Morgan fingerprint density at radius 3 is 1.03 bits per heavy atom. The maximum absolute atomic E-state index is 6.59. The fourth-order valence-electron chi connectivity index (χ4n) is 8.85. The molecule has 0 aliphatic heterocycles. The number of hydrogen-bond acceptors (Lipinski definition) is 1. The molecular weight excluding hydrogens is 457 g/mol. The summed E-state index contributed by atoms with van der Waals surface area (Å²) in [7, 11) is -1.42. The van der Waals surface area contributed by atoms with Gasteiger partial charge in [-0.05, 0) is 71.3 Å². The van der Waals surface area contributed by atoms with Crippen LogP contribution in [-0.4, -0.2) is 29.8 Å². The Kier molecular flexibility index (Phi) is 11.3. The highest BCUT2D eigenvalue weighted by Gasteiger charge is 2.41. The zero-order valence-corrected chi connectivity index (χ0v) is 27.3. The third kappa shape index (κ3) is 8.25. The predicted octanol–water partition coefficient (Wildman–Crippen LogP) is 8.43. The first-order valence-corrected chi connectivity index (χ1v) is 20.7. The summed E-state index contributed by atoms with van der Waals surface area (Å²) in [5.41, 5.74) is 2.62. The maximum atomic E-state index is 6.59. The Bertz CT molecular complexity index is 651. The molecule has 2 rings (SSSR count). The lowest BCUT2D eigenvalue weighted by atomic mass is 9.72. The minimum Gasteiger partial charge on any atom is -0.349 e. The average Bonchev–Trinajstić information content (AvgIpc) is 2.73. The van der Waals surface area contributed by atoms with Gasteiger partial charge in [-0.15, -0.1) is 12.8 Å². The first-order valence-electron chi connectivity index (χ1n) is 14.8. The van der Waals surface area contributed by atoms with Crippen LogP contribution in [0.15, 0.2) is 0 Å². The van der Waals surface area contributed by atoms with E-state index in [4.69, 9.17) is 17.6 Å². The number of hydrogen-bond donors (Lipinski definition) is 0. The fourth-order valence-corrected chi connectivity index (χ4v) is 15.8. The zero-order chi connectivity index (χ0) is 26.6. The first-order chi connectivity index (χ1) is 16.2. The standard InChI is InChI=1S/C32H58OSi2/c1-13-27(23-15-19-25(20-16-23)29(34(9)10)31(3,4)5)33-28(14-2)24-17-21-26(22-18-24)30(35(11)12)32(6,7)8/h1-2,23-30,34-35H,15-22H2,3-12H3. The molecule has 0 N–H and O–H groups in total. The summed E-state index contributed by atoms with van der Waals surface area (Å²) >= 11 is 0. The van der Waals surface area contributed by atoms with E-state index in [1.165, 1.54) is 51.4 Å². The lowest BCUT2D eigenvalue weighted by molar-refractivity contribution is -0.0331. The molecule has 1 nitrogen and oxygen atoms in total. The SMILES string of the molecule is C#CC(OC(C#C)C1CCC(C([SiH](C)C)C(C)(C)C)CC1)C1CCC(C([SiH](C)C)C(C)(C)C)CC1. The van der Waals surface area contributed by atoms with Crippen molar-refractivity contribution in [2.45, 2.75) is 142 Å². The van der Waals surface area contributed by atoms with Crippen molar-refractivity contribution in [2.75, 3.05) is 0 Å². The second-order valence-electron chi connectivity index (χ2n) is 14.9. The molecule has 0 aromatic heterocycles. The molecular formula is C32H58OSi2. The van der Waals surface area contributed by atoms with Gasteiger partial charge in [0, 0.05) is 17.6 Å². The van der Waals surface area contributed by atoms with E-state index in [0.717, 1.165) is 22.9 Å². The van der Waals surface area contributed by atoms with Crippen molar-refractivity contribution >= 4 is 17.6 Å².